The fraction of sp³-hybridized carbons (Fsp3) is 0.400. The van der Waals surface area contributed by atoms with E-state index in [4.69, 9.17) is 4.74 Å². The van der Waals surface area contributed by atoms with Crippen LogP contribution >= 0.6 is 11.3 Å². The molecule has 6 nitrogen and oxygen atoms in total. The zero-order valence-corrected chi connectivity index (χ0v) is 16.3. The number of hydrogen-bond acceptors (Lipinski definition) is 4. The molecule has 0 aliphatic carbocycles. The lowest BCUT2D eigenvalue weighted by molar-refractivity contribution is -0.939. The van der Waals surface area contributed by atoms with E-state index < -0.39 is 11.8 Å². The van der Waals surface area contributed by atoms with E-state index in [9.17, 15) is 9.59 Å². The van der Waals surface area contributed by atoms with Gasteiger partial charge in [0.2, 0.25) is 0 Å². The van der Waals surface area contributed by atoms with Crippen LogP contribution in [0.15, 0.2) is 47.8 Å². The molecule has 1 aromatic carbocycles. The molecule has 1 saturated heterocycles. The molecule has 0 radical (unpaired) electrons. The quantitative estimate of drug-likeness (QED) is 0.632. The second kappa shape index (κ2) is 9.64. The topological polar surface area (TPSA) is 71.9 Å². The van der Waals surface area contributed by atoms with Gasteiger partial charge in [-0.15, -0.1) is 11.3 Å². The fourth-order valence-corrected chi connectivity index (χ4v) is 4.42. The predicted molar refractivity (Wildman–Crippen MR) is 104 cm³/mol. The first-order valence-corrected chi connectivity index (χ1v) is 10.1. The second-order valence-electron chi connectivity index (χ2n) is 6.69. The molecule has 3 N–H and O–H groups in total. The van der Waals surface area contributed by atoms with Gasteiger partial charge in [0.05, 0.1) is 24.1 Å². The van der Waals surface area contributed by atoms with Crippen molar-refractivity contribution in [2.75, 3.05) is 26.3 Å². The first-order chi connectivity index (χ1) is 13.1. The van der Waals surface area contributed by atoms with Crippen LogP contribution < -0.4 is 15.5 Å². The Kier molecular flexibility index (Phi) is 6.98. The minimum Gasteiger partial charge on any atom is -0.370 e. The summed E-state index contributed by atoms with van der Waals surface area (Å²) in [6.45, 7) is 5.52. The van der Waals surface area contributed by atoms with Gasteiger partial charge in [-0.2, -0.15) is 0 Å². The summed E-state index contributed by atoms with van der Waals surface area (Å²) >= 11 is 1.68. The van der Waals surface area contributed by atoms with E-state index in [1.54, 1.807) is 11.3 Å². The van der Waals surface area contributed by atoms with Gasteiger partial charge in [-0.1, -0.05) is 36.4 Å². The van der Waals surface area contributed by atoms with Crippen LogP contribution in [0.25, 0.3) is 0 Å². The maximum atomic E-state index is 12.4. The molecule has 0 saturated carbocycles. The summed E-state index contributed by atoms with van der Waals surface area (Å²) < 4.78 is 5.47. The molecule has 2 heterocycles. The number of thiophene rings is 1. The number of carbonyl (C=O) groups excluding carboxylic acids is 2. The molecule has 1 aliphatic rings. The van der Waals surface area contributed by atoms with Crippen LogP contribution in [0.5, 0.6) is 0 Å². The van der Waals surface area contributed by atoms with Crippen molar-refractivity contribution in [2.24, 2.45) is 0 Å². The molecule has 27 heavy (non-hydrogen) atoms. The molecule has 1 aromatic heterocycles. The van der Waals surface area contributed by atoms with E-state index >= 15 is 0 Å². The van der Waals surface area contributed by atoms with Gasteiger partial charge in [-0.25, -0.2) is 0 Å². The molecule has 144 valence electrons. The van der Waals surface area contributed by atoms with Crippen LogP contribution in [0.2, 0.25) is 0 Å². The number of rotatable bonds is 6. The Morgan fingerprint density at radius 1 is 1.11 bits per heavy atom. The van der Waals surface area contributed by atoms with Crippen molar-refractivity contribution in [3.8, 4) is 0 Å². The smallest absolute Gasteiger partial charge is 0.309 e. The van der Waals surface area contributed by atoms with E-state index in [0.29, 0.717) is 6.54 Å². The van der Waals surface area contributed by atoms with Gasteiger partial charge in [0, 0.05) is 6.54 Å². The largest absolute Gasteiger partial charge is 0.370 e. The number of morpholine rings is 1. The highest BCUT2D eigenvalue weighted by Gasteiger charge is 2.33. The molecule has 2 atom stereocenters. The molecule has 0 unspecified atom stereocenters. The van der Waals surface area contributed by atoms with Crippen molar-refractivity contribution in [2.45, 2.75) is 25.6 Å². The molecule has 0 bridgehead atoms. The molecule has 1 fully saturated rings. The van der Waals surface area contributed by atoms with Gasteiger partial charge < -0.3 is 20.3 Å². The Balaban J connectivity index is 1.59. The van der Waals surface area contributed by atoms with E-state index in [-0.39, 0.29) is 12.1 Å². The van der Waals surface area contributed by atoms with Gasteiger partial charge in [0.25, 0.3) is 0 Å². The summed E-state index contributed by atoms with van der Waals surface area (Å²) in [5.74, 6) is -1.19. The first kappa shape index (κ1) is 19.5. The van der Waals surface area contributed by atoms with Crippen LogP contribution in [0, 0.1) is 0 Å². The zero-order valence-electron chi connectivity index (χ0n) is 15.4. The van der Waals surface area contributed by atoms with Crippen molar-refractivity contribution < 1.29 is 19.2 Å². The third-order valence-corrected chi connectivity index (χ3v) is 5.74. The van der Waals surface area contributed by atoms with Crippen LogP contribution in [0.1, 0.15) is 23.4 Å². The maximum absolute atomic E-state index is 12.4. The highest BCUT2D eigenvalue weighted by molar-refractivity contribution is 7.10. The average molecular weight is 389 g/mol. The highest BCUT2D eigenvalue weighted by Crippen LogP contribution is 2.20. The summed E-state index contributed by atoms with van der Waals surface area (Å²) in [5, 5.41) is 7.62. The zero-order chi connectivity index (χ0) is 19.1. The molecule has 0 spiro atoms. The molecule has 3 rings (SSSR count). The summed E-state index contributed by atoms with van der Waals surface area (Å²) in [6.07, 6.45) is 0. The fourth-order valence-electron chi connectivity index (χ4n) is 3.43. The standard InChI is InChI=1S/C20H25N3O3S/c1-15(18(17-8-5-13-27-17)23-9-11-26-12-10-23)22-20(25)19(24)21-14-16-6-3-2-4-7-16/h2-8,13,15,18H,9-12,14H2,1H3,(H,21,24)(H,22,25)/p+1/t15-,18-/m1/s1. The average Bonchev–Trinajstić information content (AvgIpc) is 3.22. The Morgan fingerprint density at radius 2 is 1.85 bits per heavy atom. The lowest BCUT2D eigenvalue weighted by Crippen LogP contribution is -3.15. The Morgan fingerprint density at radius 3 is 2.52 bits per heavy atom. The summed E-state index contributed by atoms with van der Waals surface area (Å²) in [4.78, 5) is 27.2. The van der Waals surface area contributed by atoms with E-state index in [1.165, 1.54) is 9.78 Å². The number of quaternary nitrogens is 1. The lowest BCUT2D eigenvalue weighted by atomic mass is 10.1. The number of benzene rings is 1. The highest BCUT2D eigenvalue weighted by atomic mass is 32.1. The molecule has 2 amide bonds. The normalized spacial score (nSPS) is 17.1. The van der Waals surface area contributed by atoms with Gasteiger partial charge >= 0.3 is 11.8 Å². The number of carbonyl (C=O) groups is 2. The van der Waals surface area contributed by atoms with Gasteiger partial charge in [-0.05, 0) is 23.9 Å². The van der Waals surface area contributed by atoms with Crippen molar-refractivity contribution in [3.05, 3.63) is 58.3 Å². The Bertz CT molecular complexity index is 730. The van der Waals surface area contributed by atoms with E-state index in [1.807, 2.05) is 48.7 Å². The van der Waals surface area contributed by atoms with Crippen LogP contribution in [0.3, 0.4) is 0 Å². The first-order valence-electron chi connectivity index (χ1n) is 9.23. The van der Waals surface area contributed by atoms with Crippen LogP contribution in [-0.4, -0.2) is 44.2 Å². The van der Waals surface area contributed by atoms with Crippen molar-refractivity contribution >= 4 is 23.2 Å². The third-order valence-electron chi connectivity index (χ3n) is 4.79. The van der Waals surface area contributed by atoms with Gasteiger partial charge in [-0.3, -0.25) is 9.59 Å². The van der Waals surface area contributed by atoms with Crippen molar-refractivity contribution in [3.63, 3.8) is 0 Å². The molecule has 1 aliphatic heterocycles. The van der Waals surface area contributed by atoms with Gasteiger partial charge in [0.1, 0.15) is 19.1 Å². The van der Waals surface area contributed by atoms with Crippen LogP contribution in [0.4, 0.5) is 0 Å². The minimum absolute atomic E-state index is 0.111. The Hall–Kier alpha value is -2.22. The molecule has 7 heteroatoms. The molecule has 2 aromatic rings. The second-order valence-corrected chi connectivity index (χ2v) is 7.67. The SMILES string of the molecule is C[C@@H](NC(=O)C(=O)NCc1ccccc1)[C@H](c1cccs1)[NH+]1CCOCC1. The van der Waals surface area contributed by atoms with Crippen molar-refractivity contribution in [1.82, 2.24) is 10.6 Å². The maximum Gasteiger partial charge on any atom is 0.309 e. The number of hydrogen-bond donors (Lipinski definition) is 3. The van der Waals surface area contributed by atoms with E-state index in [2.05, 4.69) is 16.7 Å². The van der Waals surface area contributed by atoms with E-state index in [0.717, 1.165) is 31.9 Å². The number of nitrogens with one attached hydrogen (secondary N) is 3. The minimum atomic E-state index is -0.604. The summed E-state index contributed by atoms with van der Waals surface area (Å²) in [5.41, 5.74) is 0.959. The van der Waals surface area contributed by atoms with Crippen LogP contribution in [-0.2, 0) is 20.9 Å². The molecular formula is C20H26N3O3S+. The summed E-state index contributed by atoms with van der Waals surface area (Å²) in [6, 6.07) is 13.6. The predicted octanol–water partition coefficient (Wildman–Crippen LogP) is 0.525. The Labute approximate surface area is 163 Å². The number of ether oxygens (including phenoxy) is 1. The third kappa shape index (κ3) is 5.38. The number of amides is 2. The van der Waals surface area contributed by atoms with Gasteiger partial charge in [0.15, 0.2) is 0 Å². The van der Waals surface area contributed by atoms with Crippen molar-refractivity contribution in [1.29, 1.82) is 0 Å². The lowest BCUT2D eigenvalue weighted by Gasteiger charge is -2.34. The monoisotopic (exact) mass is 388 g/mol. The summed E-state index contributed by atoms with van der Waals surface area (Å²) in [7, 11) is 0. The molecular weight excluding hydrogens is 362 g/mol.